The van der Waals surface area contributed by atoms with Crippen LogP contribution in [-0.4, -0.2) is 6.79 Å². The maximum absolute atomic E-state index is 5.89. The van der Waals surface area contributed by atoms with Crippen molar-refractivity contribution in [2.75, 3.05) is 6.79 Å². The molecule has 3 nitrogen and oxygen atoms in total. The number of ether oxygens (including phenoxy) is 2. The number of halogens is 1. The minimum Gasteiger partial charge on any atom is -0.454 e. The maximum Gasteiger partial charge on any atom is 0.231 e. The van der Waals surface area contributed by atoms with Crippen molar-refractivity contribution in [1.82, 2.24) is 0 Å². The first-order valence-electron chi connectivity index (χ1n) is 3.59. The molecule has 1 aromatic carbocycles. The summed E-state index contributed by atoms with van der Waals surface area (Å²) < 4.78 is 10.3. The number of hydrogen-bond donors (Lipinski definition) is 1. The zero-order chi connectivity index (χ0) is 8.55. The molecule has 0 fully saturated rings. The zero-order valence-electron chi connectivity index (χ0n) is 6.34. The van der Waals surface area contributed by atoms with E-state index in [0.717, 1.165) is 5.56 Å². The minimum absolute atomic E-state index is 0.239. The van der Waals surface area contributed by atoms with E-state index in [0.29, 0.717) is 23.1 Å². The second-order valence-electron chi connectivity index (χ2n) is 2.52. The normalized spacial score (nSPS) is 13.5. The van der Waals surface area contributed by atoms with Gasteiger partial charge >= 0.3 is 0 Å². The van der Waals surface area contributed by atoms with Crippen LogP contribution in [0.3, 0.4) is 0 Å². The van der Waals surface area contributed by atoms with Crippen LogP contribution in [0.25, 0.3) is 0 Å². The lowest BCUT2D eigenvalue weighted by molar-refractivity contribution is 0.174. The van der Waals surface area contributed by atoms with E-state index >= 15 is 0 Å². The smallest absolute Gasteiger partial charge is 0.231 e. The number of fused-ring (bicyclic) bond motifs is 1. The molecule has 0 bridgehead atoms. The molecule has 0 saturated carbocycles. The van der Waals surface area contributed by atoms with Crippen molar-refractivity contribution in [1.29, 1.82) is 0 Å². The van der Waals surface area contributed by atoms with E-state index in [9.17, 15) is 0 Å². The Kier molecular flexibility index (Phi) is 1.83. The van der Waals surface area contributed by atoms with Crippen LogP contribution in [0.5, 0.6) is 11.5 Å². The van der Waals surface area contributed by atoms with Crippen LogP contribution < -0.4 is 15.2 Å². The molecule has 2 rings (SSSR count). The second-order valence-corrected chi connectivity index (χ2v) is 2.92. The fraction of sp³-hybridized carbons (Fsp3) is 0.250. The fourth-order valence-corrected chi connectivity index (χ4v) is 1.43. The first-order valence-corrected chi connectivity index (χ1v) is 3.97. The van der Waals surface area contributed by atoms with Crippen LogP contribution in [0.15, 0.2) is 12.1 Å². The number of benzene rings is 1. The third kappa shape index (κ3) is 1.11. The lowest BCUT2D eigenvalue weighted by Crippen LogP contribution is -1.95. The van der Waals surface area contributed by atoms with E-state index < -0.39 is 0 Å². The second kappa shape index (κ2) is 2.84. The van der Waals surface area contributed by atoms with Gasteiger partial charge in [-0.05, 0) is 17.7 Å². The lowest BCUT2D eigenvalue weighted by atomic mass is 10.2. The highest BCUT2D eigenvalue weighted by Gasteiger charge is 2.17. The quantitative estimate of drug-likeness (QED) is 0.722. The summed E-state index contributed by atoms with van der Waals surface area (Å²) in [6.45, 7) is 0.694. The van der Waals surface area contributed by atoms with Gasteiger partial charge in [0.2, 0.25) is 6.79 Å². The fourth-order valence-electron chi connectivity index (χ4n) is 1.14. The summed E-state index contributed by atoms with van der Waals surface area (Å²) in [5, 5.41) is 0.561. The molecule has 0 aromatic heterocycles. The van der Waals surface area contributed by atoms with Gasteiger partial charge in [-0.3, -0.25) is 0 Å². The van der Waals surface area contributed by atoms with Gasteiger partial charge in [-0.15, -0.1) is 0 Å². The summed E-state index contributed by atoms with van der Waals surface area (Å²) in [7, 11) is 0. The highest BCUT2D eigenvalue weighted by molar-refractivity contribution is 6.32. The third-order valence-electron chi connectivity index (χ3n) is 1.72. The molecule has 1 aromatic rings. The molecule has 64 valence electrons. The Labute approximate surface area is 75.0 Å². The number of rotatable bonds is 1. The standard InChI is InChI=1S/C8H8ClNO2/c9-6-1-5(3-10)2-7-8(6)12-4-11-7/h1-2H,3-4,10H2. The Balaban J connectivity index is 2.51. The van der Waals surface area contributed by atoms with Crippen LogP contribution in [-0.2, 0) is 6.54 Å². The van der Waals surface area contributed by atoms with E-state index in [1.165, 1.54) is 0 Å². The summed E-state index contributed by atoms with van der Waals surface area (Å²) in [5.74, 6) is 1.30. The summed E-state index contributed by atoms with van der Waals surface area (Å²) in [6.07, 6.45) is 0. The van der Waals surface area contributed by atoms with Gasteiger partial charge in [-0.2, -0.15) is 0 Å². The summed E-state index contributed by atoms with van der Waals surface area (Å²) >= 11 is 5.89. The van der Waals surface area contributed by atoms with Crippen LogP contribution >= 0.6 is 11.6 Å². The largest absolute Gasteiger partial charge is 0.454 e. The van der Waals surface area contributed by atoms with Gasteiger partial charge in [0.05, 0.1) is 5.02 Å². The van der Waals surface area contributed by atoms with Crippen molar-refractivity contribution >= 4 is 11.6 Å². The lowest BCUT2D eigenvalue weighted by Gasteiger charge is -2.01. The van der Waals surface area contributed by atoms with Crippen molar-refractivity contribution in [3.05, 3.63) is 22.7 Å². The highest BCUT2D eigenvalue weighted by atomic mass is 35.5. The van der Waals surface area contributed by atoms with Gasteiger partial charge in [0.25, 0.3) is 0 Å². The molecular formula is C8H8ClNO2. The van der Waals surface area contributed by atoms with Gasteiger partial charge in [-0.25, -0.2) is 0 Å². The topological polar surface area (TPSA) is 44.5 Å². The molecule has 0 radical (unpaired) electrons. The molecule has 1 aliphatic rings. The van der Waals surface area contributed by atoms with Crippen LogP contribution in [0.1, 0.15) is 5.56 Å². The molecule has 4 heteroatoms. The van der Waals surface area contributed by atoms with Crippen LogP contribution in [0, 0.1) is 0 Å². The van der Waals surface area contributed by atoms with E-state index in [-0.39, 0.29) is 6.79 Å². The zero-order valence-corrected chi connectivity index (χ0v) is 7.10. The van der Waals surface area contributed by atoms with Gasteiger partial charge in [-0.1, -0.05) is 11.6 Å². The van der Waals surface area contributed by atoms with Gasteiger partial charge in [0.15, 0.2) is 11.5 Å². The van der Waals surface area contributed by atoms with E-state index in [4.69, 9.17) is 26.8 Å². The summed E-state index contributed by atoms with van der Waals surface area (Å²) in [5.41, 5.74) is 6.41. The van der Waals surface area contributed by atoms with Crippen molar-refractivity contribution < 1.29 is 9.47 Å². The maximum atomic E-state index is 5.89. The van der Waals surface area contributed by atoms with Crippen molar-refractivity contribution in [2.24, 2.45) is 5.73 Å². The Morgan fingerprint density at radius 1 is 1.42 bits per heavy atom. The average molecular weight is 186 g/mol. The van der Waals surface area contributed by atoms with Crippen molar-refractivity contribution in [3.63, 3.8) is 0 Å². The Hall–Kier alpha value is -0.930. The predicted molar refractivity (Wildman–Crippen MR) is 45.5 cm³/mol. The Bertz CT molecular complexity index is 314. The summed E-state index contributed by atoms with van der Waals surface area (Å²) in [4.78, 5) is 0. The highest BCUT2D eigenvalue weighted by Crippen LogP contribution is 2.39. The number of nitrogens with two attached hydrogens (primary N) is 1. The molecule has 0 amide bonds. The third-order valence-corrected chi connectivity index (χ3v) is 2.00. The Morgan fingerprint density at radius 2 is 2.25 bits per heavy atom. The van der Waals surface area contributed by atoms with Crippen molar-refractivity contribution in [3.8, 4) is 11.5 Å². The van der Waals surface area contributed by atoms with Crippen LogP contribution in [0.4, 0.5) is 0 Å². The Morgan fingerprint density at radius 3 is 3.00 bits per heavy atom. The van der Waals surface area contributed by atoms with E-state index in [1.54, 1.807) is 6.07 Å². The number of hydrogen-bond acceptors (Lipinski definition) is 3. The molecule has 0 aliphatic carbocycles. The molecule has 0 saturated heterocycles. The van der Waals surface area contributed by atoms with Gasteiger partial charge in [0.1, 0.15) is 0 Å². The SMILES string of the molecule is NCc1cc(Cl)c2c(c1)OCO2. The molecule has 0 atom stereocenters. The molecule has 1 aliphatic heterocycles. The molecule has 2 N–H and O–H groups in total. The van der Waals surface area contributed by atoms with E-state index in [2.05, 4.69) is 0 Å². The predicted octanol–water partition coefficient (Wildman–Crippen LogP) is 1.53. The van der Waals surface area contributed by atoms with Gasteiger partial charge in [0, 0.05) is 6.54 Å². The monoisotopic (exact) mass is 185 g/mol. The first-order chi connectivity index (χ1) is 5.81. The molecule has 0 spiro atoms. The van der Waals surface area contributed by atoms with E-state index in [1.807, 2.05) is 6.07 Å². The molecule has 1 heterocycles. The molecule has 0 unspecified atom stereocenters. The minimum atomic E-state index is 0.239. The van der Waals surface area contributed by atoms with Crippen LogP contribution in [0.2, 0.25) is 5.02 Å². The first kappa shape index (κ1) is 7.71. The van der Waals surface area contributed by atoms with Crippen molar-refractivity contribution in [2.45, 2.75) is 6.54 Å². The average Bonchev–Trinajstić information content (AvgIpc) is 2.52. The molecule has 12 heavy (non-hydrogen) atoms. The molecular weight excluding hydrogens is 178 g/mol. The van der Waals surface area contributed by atoms with Gasteiger partial charge < -0.3 is 15.2 Å². The summed E-state index contributed by atoms with van der Waals surface area (Å²) in [6, 6.07) is 3.63.